The summed E-state index contributed by atoms with van der Waals surface area (Å²) in [7, 11) is 0. The SMILES string of the molecule is CC1CN(C(=O)[C@@H](N)C(C)C)CCCO1.Cl. The molecule has 16 heavy (non-hydrogen) atoms. The maximum absolute atomic E-state index is 12.0. The average Bonchev–Trinajstić information content (AvgIpc) is 2.40. The summed E-state index contributed by atoms with van der Waals surface area (Å²) in [6.07, 6.45) is 1.02. The topological polar surface area (TPSA) is 55.6 Å². The number of hydrogen-bond donors (Lipinski definition) is 1. The molecule has 96 valence electrons. The van der Waals surface area contributed by atoms with Crippen LogP contribution in [0.4, 0.5) is 0 Å². The Kier molecular flexibility index (Phi) is 6.95. The molecule has 0 aromatic rings. The number of nitrogens with zero attached hydrogens (tertiary/aromatic N) is 1. The van der Waals surface area contributed by atoms with E-state index in [0.29, 0.717) is 6.54 Å². The molecule has 0 saturated carbocycles. The second-order valence-corrected chi connectivity index (χ2v) is 4.59. The van der Waals surface area contributed by atoms with Gasteiger partial charge < -0.3 is 15.4 Å². The van der Waals surface area contributed by atoms with Crippen molar-refractivity contribution in [2.24, 2.45) is 11.7 Å². The summed E-state index contributed by atoms with van der Waals surface area (Å²) < 4.78 is 5.49. The molecule has 2 N–H and O–H groups in total. The Labute approximate surface area is 104 Å². The van der Waals surface area contributed by atoms with Crippen LogP contribution >= 0.6 is 12.4 Å². The van der Waals surface area contributed by atoms with Gasteiger partial charge in [-0.15, -0.1) is 12.4 Å². The van der Waals surface area contributed by atoms with Crippen LogP contribution < -0.4 is 5.73 Å². The molecule has 1 aliphatic rings. The Hall–Kier alpha value is -0.320. The summed E-state index contributed by atoms with van der Waals surface area (Å²) in [5.41, 5.74) is 5.86. The summed E-state index contributed by atoms with van der Waals surface area (Å²) in [5, 5.41) is 0. The molecule has 0 bridgehead atoms. The fourth-order valence-corrected chi connectivity index (χ4v) is 1.69. The van der Waals surface area contributed by atoms with Gasteiger partial charge >= 0.3 is 0 Å². The van der Waals surface area contributed by atoms with Crippen molar-refractivity contribution in [1.82, 2.24) is 4.90 Å². The first-order valence-electron chi connectivity index (χ1n) is 5.68. The Bertz CT molecular complexity index is 224. The first-order chi connectivity index (χ1) is 7.02. The van der Waals surface area contributed by atoms with Crippen molar-refractivity contribution in [3.8, 4) is 0 Å². The summed E-state index contributed by atoms with van der Waals surface area (Å²) >= 11 is 0. The number of carbonyl (C=O) groups is 1. The smallest absolute Gasteiger partial charge is 0.239 e. The van der Waals surface area contributed by atoms with Gasteiger partial charge in [0.05, 0.1) is 12.1 Å². The zero-order valence-corrected chi connectivity index (χ0v) is 11.1. The van der Waals surface area contributed by atoms with Crippen LogP contribution in [-0.4, -0.2) is 42.6 Å². The van der Waals surface area contributed by atoms with Crippen LogP contribution in [0.2, 0.25) is 0 Å². The molecule has 0 aliphatic carbocycles. The number of carbonyl (C=O) groups excluding carboxylic acids is 1. The fraction of sp³-hybridized carbons (Fsp3) is 0.909. The van der Waals surface area contributed by atoms with E-state index in [2.05, 4.69) is 0 Å². The minimum Gasteiger partial charge on any atom is -0.377 e. The Morgan fingerprint density at radius 1 is 1.50 bits per heavy atom. The molecule has 4 nitrogen and oxygen atoms in total. The molecule has 0 radical (unpaired) electrons. The van der Waals surface area contributed by atoms with Gasteiger partial charge in [0.25, 0.3) is 0 Å². The van der Waals surface area contributed by atoms with E-state index in [1.165, 1.54) is 0 Å². The third-order valence-electron chi connectivity index (χ3n) is 2.77. The van der Waals surface area contributed by atoms with Crippen LogP contribution in [0.15, 0.2) is 0 Å². The van der Waals surface area contributed by atoms with E-state index in [-0.39, 0.29) is 36.4 Å². The number of nitrogens with two attached hydrogens (primary N) is 1. The lowest BCUT2D eigenvalue weighted by atomic mass is 10.0. The zero-order valence-electron chi connectivity index (χ0n) is 10.3. The van der Waals surface area contributed by atoms with Gasteiger partial charge in [-0.2, -0.15) is 0 Å². The molecule has 0 aromatic heterocycles. The van der Waals surface area contributed by atoms with Crippen molar-refractivity contribution in [3.05, 3.63) is 0 Å². The third kappa shape index (κ3) is 4.28. The van der Waals surface area contributed by atoms with Gasteiger partial charge in [-0.25, -0.2) is 0 Å². The molecule has 1 fully saturated rings. The van der Waals surface area contributed by atoms with Gasteiger partial charge in [0.2, 0.25) is 5.91 Å². The van der Waals surface area contributed by atoms with Gasteiger partial charge in [0.15, 0.2) is 0 Å². The number of hydrogen-bond acceptors (Lipinski definition) is 3. The lowest BCUT2D eigenvalue weighted by Crippen LogP contribution is -2.48. The molecular formula is C11H23ClN2O2. The first kappa shape index (κ1) is 15.7. The summed E-state index contributed by atoms with van der Waals surface area (Å²) in [6, 6.07) is -0.379. The Morgan fingerprint density at radius 3 is 2.69 bits per heavy atom. The van der Waals surface area contributed by atoms with Gasteiger partial charge in [-0.05, 0) is 19.3 Å². The van der Waals surface area contributed by atoms with Crippen LogP contribution in [0.5, 0.6) is 0 Å². The number of amides is 1. The lowest BCUT2D eigenvalue weighted by Gasteiger charge is -2.26. The van der Waals surface area contributed by atoms with Crippen molar-refractivity contribution in [1.29, 1.82) is 0 Å². The highest BCUT2D eigenvalue weighted by atomic mass is 35.5. The number of halogens is 1. The lowest BCUT2D eigenvalue weighted by molar-refractivity contribution is -0.134. The minimum atomic E-state index is -0.379. The predicted octanol–water partition coefficient (Wildman–Crippen LogP) is 1.03. The molecule has 1 heterocycles. The summed E-state index contributed by atoms with van der Waals surface area (Å²) in [5.74, 6) is 0.249. The van der Waals surface area contributed by atoms with Crippen LogP contribution in [0.3, 0.4) is 0 Å². The monoisotopic (exact) mass is 250 g/mol. The van der Waals surface area contributed by atoms with Gasteiger partial charge in [0, 0.05) is 19.7 Å². The molecule has 1 amide bonds. The van der Waals surface area contributed by atoms with Crippen molar-refractivity contribution < 1.29 is 9.53 Å². The van der Waals surface area contributed by atoms with E-state index in [1.54, 1.807) is 0 Å². The fourth-order valence-electron chi connectivity index (χ4n) is 1.69. The molecule has 1 aliphatic heterocycles. The van der Waals surface area contributed by atoms with Gasteiger partial charge in [0.1, 0.15) is 0 Å². The minimum absolute atomic E-state index is 0. The van der Waals surface area contributed by atoms with Gasteiger partial charge in [-0.3, -0.25) is 4.79 Å². The molecule has 0 spiro atoms. The second-order valence-electron chi connectivity index (χ2n) is 4.59. The van der Waals surface area contributed by atoms with E-state index in [0.717, 1.165) is 19.6 Å². The van der Waals surface area contributed by atoms with E-state index in [9.17, 15) is 4.79 Å². The molecule has 1 rings (SSSR count). The highest BCUT2D eigenvalue weighted by molar-refractivity contribution is 5.85. The van der Waals surface area contributed by atoms with Crippen LogP contribution in [0, 0.1) is 5.92 Å². The maximum Gasteiger partial charge on any atom is 0.239 e. The number of ether oxygens (including phenoxy) is 1. The number of rotatable bonds is 2. The first-order valence-corrected chi connectivity index (χ1v) is 5.68. The van der Waals surface area contributed by atoms with E-state index >= 15 is 0 Å². The quantitative estimate of drug-likeness (QED) is 0.797. The standard InChI is InChI=1S/C11H22N2O2.ClH/c1-8(2)10(12)11(14)13-5-4-6-15-9(3)7-13;/h8-10H,4-7,12H2,1-3H3;1H/t9?,10-;/m0./s1. The largest absolute Gasteiger partial charge is 0.377 e. The van der Waals surface area contributed by atoms with Crippen molar-refractivity contribution >= 4 is 18.3 Å². The normalized spacial score (nSPS) is 23.6. The van der Waals surface area contributed by atoms with Crippen LogP contribution in [-0.2, 0) is 9.53 Å². The molecule has 5 heteroatoms. The third-order valence-corrected chi connectivity index (χ3v) is 2.77. The predicted molar refractivity (Wildman–Crippen MR) is 66.7 cm³/mol. The summed E-state index contributed by atoms with van der Waals surface area (Å²) in [4.78, 5) is 13.8. The molecule has 2 atom stereocenters. The highest BCUT2D eigenvalue weighted by Gasteiger charge is 2.25. The highest BCUT2D eigenvalue weighted by Crippen LogP contribution is 2.09. The van der Waals surface area contributed by atoms with Crippen LogP contribution in [0.1, 0.15) is 27.2 Å². The molecule has 0 aromatic carbocycles. The average molecular weight is 251 g/mol. The zero-order chi connectivity index (χ0) is 11.4. The van der Waals surface area contributed by atoms with Gasteiger partial charge in [-0.1, -0.05) is 13.8 Å². The molecule has 1 saturated heterocycles. The Balaban J connectivity index is 0.00000225. The molecular weight excluding hydrogens is 228 g/mol. The Morgan fingerprint density at radius 2 is 2.12 bits per heavy atom. The second kappa shape index (κ2) is 7.09. The van der Waals surface area contributed by atoms with Crippen molar-refractivity contribution in [2.45, 2.75) is 39.3 Å². The van der Waals surface area contributed by atoms with E-state index in [1.807, 2.05) is 25.7 Å². The van der Waals surface area contributed by atoms with Crippen molar-refractivity contribution in [2.75, 3.05) is 19.7 Å². The maximum atomic E-state index is 12.0. The van der Waals surface area contributed by atoms with Crippen LogP contribution in [0.25, 0.3) is 0 Å². The van der Waals surface area contributed by atoms with E-state index in [4.69, 9.17) is 10.5 Å². The summed E-state index contributed by atoms with van der Waals surface area (Å²) in [6.45, 7) is 8.11. The van der Waals surface area contributed by atoms with Crippen molar-refractivity contribution in [3.63, 3.8) is 0 Å². The van der Waals surface area contributed by atoms with E-state index < -0.39 is 0 Å². The molecule has 1 unspecified atom stereocenters.